The van der Waals surface area contributed by atoms with Crippen molar-refractivity contribution in [3.63, 3.8) is 0 Å². The number of nitrogens with one attached hydrogen (secondary N) is 1. The summed E-state index contributed by atoms with van der Waals surface area (Å²) in [6.07, 6.45) is 0. The quantitative estimate of drug-likeness (QED) is 0.364. The lowest BCUT2D eigenvalue weighted by Gasteiger charge is -2.42. The van der Waals surface area contributed by atoms with E-state index in [-0.39, 0.29) is 0 Å². The van der Waals surface area contributed by atoms with Crippen molar-refractivity contribution < 1.29 is 14.2 Å². The van der Waals surface area contributed by atoms with Gasteiger partial charge in [-0.1, -0.05) is 54.6 Å². The van der Waals surface area contributed by atoms with Crippen molar-refractivity contribution in [3.8, 4) is 23.0 Å². The number of hydrogen-bond donors (Lipinski definition) is 1. The topological polar surface area (TPSA) is 39.7 Å². The molecule has 4 aromatic rings. The van der Waals surface area contributed by atoms with Crippen molar-refractivity contribution in [1.82, 2.24) is 0 Å². The second kappa shape index (κ2) is 7.97. The highest BCUT2D eigenvalue weighted by atomic mass is 16.5. The van der Waals surface area contributed by atoms with Crippen LogP contribution in [0.3, 0.4) is 0 Å². The minimum Gasteiger partial charge on any atom is -0.496 e. The number of hydrogen-bond acceptors (Lipinski definition) is 4. The van der Waals surface area contributed by atoms with E-state index < -0.39 is 5.41 Å². The summed E-state index contributed by atoms with van der Waals surface area (Å²) in [7, 11) is 5.33. The molecule has 0 atom stereocenters. The number of ether oxygens (including phenoxy) is 3. The fraction of sp³-hybridized carbons (Fsp3) is 0.143. The van der Waals surface area contributed by atoms with Gasteiger partial charge in [-0.25, -0.2) is 0 Å². The zero-order valence-corrected chi connectivity index (χ0v) is 18.4. The molecule has 32 heavy (non-hydrogen) atoms. The average Bonchev–Trinajstić information content (AvgIpc) is 2.87. The van der Waals surface area contributed by atoms with Gasteiger partial charge in [-0.2, -0.15) is 0 Å². The van der Waals surface area contributed by atoms with Crippen LogP contribution in [0.1, 0.15) is 22.3 Å². The van der Waals surface area contributed by atoms with Crippen LogP contribution in [0.4, 0.5) is 5.69 Å². The summed E-state index contributed by atoms with van der Waals surface area (Å²) in [5, 5.41) is 3.22. The molecule has 0 unspecified atom stereocenters. The molecular formula is C28H25NO3. The first-order valence-electron chi connectivity index (χ1n) is 10.6. The van der Waals surface area contributed by atoms with E-state index in [0.717, 1.165) is 50.9 Å². The maximum absolute atomic E-state index is 6.43. The third kappa shape index (κ3) is 2.83. The van der Waals surface area contributed by atoms with Gasteiger partial charge < -0.3 is 19.5 Å². The van der Waals surface area contributed by atoms with Crippen molar-refractivity contribution in [2.45, 2.75) is 5.41 Å². The molecule has 4 heteroatoms. The molecule has 1 N–H and O–H groups in total. The first-order valence-corrected chi connectivity index (χ1v) is 10.6. The molecule has 0 saturated heterocycles. The van der Waals surface area contributed by atoms with E-state index in [1.807, 2.05) is 49.5 Å². The van der Waals surface area contributed by atoms with E-state index in [0.29, 0.717) is 0 Å². The molecule has 0 saturated carbocycles. The smallest absolute Gasteiger partial charge is 0.135 e. The lowest BCUT2D eigenvalue weighted by Crippen LogP contribution is -2.35. The Morgan fingerprint density at radius 1 is 0.625 bits per heavy atom. The summed E-state index contributed by atoms with van der Waals surface area (Å²) in [5.74, 6) is 3.07. The first kappa shape index (κ1) is 20.0. The molecule has 160 valence electrons. The van der Waals surface area contributed by atoms with Crippen LogP contribution >= 0.6 is 0 Å². The van der Waals surface area contributed by atoms with E-state index in [9.17, 15) is 0 Å². The number of benzene rings is 4. The third-order valence-corrected chi connectivity index (χ3v) is 6.20. The lowest BCUT2D eigenvalue weighted by molar-refractivity contribution is 0.365. The Morgan fingerprint density at radius 2 is 1.16 bits per heavy atom. The van der Waals surface area contributed by atoms with Crippen LogP contribution in [0.2, 0.25) is 0 Å². The monoisotopic (exact) mass is 423 g/mol. The predicted octanol–water partition coefficient (Wildman–Crippen LogP) is 6.23. The van der Waals surface area contributed by atoms with E-state index in [4.69, 9.17) is 14.2 Å². The summed E-state index contributed by atoms with van der Waals surface area (Å²) in [5.41, 5.74) is 4.48. The first-order chi connectivity index (χ1) is 15.7. The molecule has 0 aromatic heterocycles. The molecule has 1 aliphatic rings. The maximum Gasteiger partial charge on any atom is 0.135 e. The van der Waals surface area contributed by atoms with Crippen molar-refractivity contribution in [2.75, 3.05) is 26.6 Å². The average molecular weight is 424 g/mol. The van der Waals surface area contributed by atoms with E-state index in [1.54, 1.807) is 14.2 Å². The van der Waals surface area contributed by atoms with Gasteiger partial charge in [0.25, 0.3) is 0 Å². The fourth-order valence-electron chi connectivity index (χ4n) is 4.83. The predicted molar refractivity (Wildman–Crippen MR) is 127 cm³/mol. The minimum atomic E-state index is -0.699. The van der Waals surface area contributed by atoms with Crippen LogP contribution in [0.15, 0.2) is 91.0 Å². The van der Waals surface area contributed by atoms with Crippen molar-refractivity contribution in [1.29, 1.82) is 0 Å². The Kier molecular flexibility index (Phi) is 4.98. The molecule has 4 aromatic carbocycles. The summed E-state index contributed by atoms with van der Waals surface area (Å²) in [6.45, 7) is 0. The molecule has 0 radical (unpaired) electrons. The molecule has 0 amide bonds. The molecule has 1 aliphatic heterocycles. The summed E-state index contributed by atoms with van der Waals surface area (Å²) >= 11 is 0. The normalized spacial score (nSPS) is 13.3. The van der Waals surface area contributed by atoms with Gasteiger partial charge in [0, 0.05) is 12.7 Å². The van der Waals surface area contributed by atoms with Crippen LogP contribution in [-0.4, -0.2) is 21.3 Å². The van der Waals surface area contributed by atoms with Gasteiger partial charge in [0.2, 0.25) is 0 Å². The SMILES string of the molecule is CNc1ccc(C2(c3ccccc3)c3c(OC)cccc3Oc3cccc(OC)c32)cc1. The highest BCUT2D eigenvalue weighted by Crippen LogP contribution is 2.60. The number of fused-ring (bicyclic) bond motifs is 2. The van der Waals surface area contributed by atoms with E-state index >= 15 is 0 Å². The molecule has 1 heterocycles. The summed E-state index contributed by atoms with van der Waals surface area (Å²) in [4.78, 5) is 0. The zero-order chi connectivity index (χ0) is 22.1. The Labute approximate surface area is 188 Å². The number of anilines is 1. The van der Waals surface area contributed by atoms with Crippen LogP contribution in [-0.2, 0) is 5.41 Å². The van der Waals surface area contributed by atoms with Gasteiger partial charge in [-0.3, -0.25) is 0 Å². The van der Waals surface area contributed by atoms with Gasteiger partial charge in [-0.05, 0) is 47.5 Å². The Bertz CT molecular complexity index is 1200. The Morgan fingerprint density at radius 3 is 1.66 bits per heavy atom. The van der Waals surface area contributed by atoms with Crippen molar-refractivity contribution in [2.24, 2.45) is 0 Å². The third-order valence-electron chi connectivity index (χ3n) is 6.20. The zero-order valence-electron chi connectivity index (χ0n) is 18.4. The van der Waals surface area contributed by atoms with Crippen molar-refractivity contribution in [3.05, 3.63) is 113 Å². The van der Waals surface area contributed by atoms with E-state index in [2.05, 4.69) is 53.8 Å². The van der Waals surface area contributed by atoms with E-state index in [1.165, 1.54) is 0 Å². The molecule has 4 nitrogen and oxygen atoms in total. The van der Waals surface area contributed by atoms with Crippen LogP contribution in [0, 0.1) is 0 Å². The second-order valence-electron chi connectivity index (χ2n) is 7.71. The summed E-state index contributed by atoms with van der Waals surface area (Å²) < 4.78 is 18.3. The molecule has 0 aliphatic carbocycles. The molecule has 0 fully saturated rings. The highest BCUT2D eigenvalue weighted by Gasteiger charge is 2.49. The highest BCUT2D eigenvalue weighted by molar-refractivity contribution is 5.75. The minimum absolute atomic E-state index is 0.699. The lowest BCUT2D eigenvalue weighted by atomic mass is 9.63. The largest absolute Gasteiger partial charge is 0.496 e. The molecule has 0 bridgehead atoms. The number of methoxy groups -OCH3 is 2. The van der Waals surface area contributed by atoms with Crippen LogP contribution < -0.4 is 19.5 Å². The fourth-order valence-corrected chi connectivity index (χ4v) is 4.83. The second-order valence-corrected chi connectivity index (χ2v) is 7.71. The van der Waals surface area contributed by atoms with Gasteiger partial charge in [0.1, 0.15) is 23.0 Å². The van der Waals surface area contributed by atoms with Crippen LogP contribution in [0.5, 0.6) is 23.0 Å². The van der Waals surface area contributed by atoms with Gasteiger partial charge in [-0.15, -0.1) is 0 Å². The Hall–Kier alpha value is -3.92. The Balaban J connectivity index is 1.99. The molecular weight excluding hydrogens is 398 g/mol. The molecule has 0 spiro atoms. The van der Waals surface area contributed by atoms with Gasteiger partial charge >= 0.3 is 0 Å². The molecule has 5 rings (SSSR count). The van der Waals surface area contributed by atoms with Gasteiger partial charge in [0.15, 0.2) is 0 Å². The number of rotatable bonds is 5. The van der Waals surface area contributed by atoms with Crippen LogP contribution in [0.25, 0.3) is 0 Å². The maximum atomic E-state index is 6.43. The summed E-state index contributed by atoms with van der Waals surface area (Å²) in [6, 6.07) is 30.9. The van der Waals surface area contributed by atoms with Gasteiger partial charge in [0.05, 0.1) is 30.8 Å². The van der Waals surface area contributed by atoms with Crippen molar-refractivity contribution >= 4 is 5.69 Å². The standard InChI is InChI=1S/C28H25NO3/c1-29-21-17-15-20(16-18-21)28(19-9-5-4-6-10-19)26-22(30-2)11-7-13-24(26)32-25-14-8-12-23(31-3)27(25)28/h4-18,29H,1-3H3.